The lowest BCUT2D eigenvalue weighted by Crippen LogP contribution is -2.18. The molecule has 27 heavy (non-hydrogen) atoms. The van der Waals surface area contributed by atoms with E-state index >= 15 is 0 Å². The first-order valence-electron chi connectivity index (χ1n) is 8.66. The number of halogens is 1. The Bertz CT molecular complexity index is 1000. The minimum atomic E-state index is -0.427. The predicted molar refractivity (Wildman–Crippen MR) is 103 cm³/mol. The van der Waals surface area contributed by atoms with Crippen LogP contribution >= 0.6 is 11.6 Å². The van der Waals surface area contributed by atoms with Gasteiger partial charge in [-0.1, -0.05) is 23.7 Å². The summed E-state index contributed by atoms with van der Waals surface area (Å²) in [6, 6.07) is 14.0. The van der Waals surface area contributed by atoms with Crippen molar-refractivity contribution < 1.29 is 14.3 Å². The number of H-pyrrole nitrogens is 1. The molecular formula is C20H19ClN2O4. The van der Waals surface area contributed by atoms with Crippen molar-refractivity contribution in [3.63, 3.8) is 0 Å². The minimum absolute atomic E-state index is 0.0223. The summed E-state index contributed by atoms with van der Waals surface area (Å²) in [7, 11) is 0. The van der Waals surface area contributed by atoms with Crippen molar-refractivity contribution in [3.8, 4) is 0 Å². The quantitative estimate of drug-likeness (QED) is 0.364. The van der Waals surface area contributed by atoms with Gasteiger partial charge in [0.1, 0.15) is 0 Å². The summed E-state index contributed by atoms with van der Waals surface area (Å²) in [5.74, 6) is -0.558. The van der Waals surface area contributed by atoms with Gasteiger partial charge in [0, 0.05) is 23.6 Å². The van der Waals surface area contributed by atoms with Crippen molar-refractivity contribution in [1.82, 2.24) is 9.55 Å². The summed E-state index contributed by atoms with van der Waals surface area (Å²) in [6.45, 7) is 0.639. The number of fused-ring (bicyclic) bond motifs is 1. The van der Waals surface area contributed by atoms with E-state index in [2.05, 4.69) is 4.98 Å². The number of ketones is 1. The van der Waals surface area contributed by atoms with E-state index in [9.17, 15) is 14.4 Å². The van der Waals surface area contributed by atoms with Crippen LogP contribution in [0.1, 0.15) is 29.6 Å². The zero-order valence-electron chi connectivity index (χ0n) is 14.6. The second-order valence-electron chi connectivity index (χ2n) is 6.10. The molecule has 0 atom stereocenters. The molecule has 0 aliphatic heterocycles. The van der Waals surface area contributed by atoms with E-state index in [0.29, 0.717) is 23.6 Å². The highest BCUT2D eigenvalue weighted by atomic mass is 35.5. The minimum Gasteiger partial charge on any atom is -0.466 e. The molecule has 3 aromatic rings. The van der Waals surface area contributed by atoms with Crippen molar-refractivity contribution in [2.75, 3.05) is 6.61 Å². The largest absolute Gasteiger partial charge is 0.466 e. The van der Waals surface area contributed by atoms with Gasteiger partial charge in [-0.05, 0) is 42.8 Å². The van der Waals surface area contributed by atoms with E-state index < -0.39 is 5.97 Å². The van der Waals surface area contributed by atoms with Crippen LogP contribution in [0.2, 0.25) is 5.02 Å². The summed E-state index contributed by atoms with van der Waals surface area (Å²) in [4.78, 5) is 38.6. The summed E-state index contributed by atoms with van der Waals surface area (Å²) >= 11 is 5.79. The SMILES string of the molecule is O=C(CCC(=O)c1ccc(Cl)cc1)OCCCn1c(=O)[nH]c2ccccc21. The molecule has 0 saturated heterocycles. The molecule has 0 radical (unpaired) electrons. The lowest BCUT2D eigenvalue weighted by atomic mass is 10.1. The van der Waals surface area contributed by atoms with Crippen molar-refractivity contribution >= 4 is 34.4 Å². The number of rotatable bonds is 8. The zero-order chi connectivity index (χ0) is 19.2. The highest BCUT2D eigenvalue weighted by molar-refractivity contribution is 6.30. The van der Waals surface area contributed by atoms with E-state index in [0.717, 1.165) is 11.0 Å². The van der Waals surface area contributed by atoms with Crippen LogP contribution in [0.5, 0.6) is 0 Å². The number of ether oxygens (including phenoxy) is 1. The fraction of sp³-hybridized carbons (Fsp3) is 0.250. The fourth-order valence-electron chi connectivity index (χ4n) is 2.81. The number of nitrogens with zero attached hydrogens (tertiary/aromatic N) is 1. The van der Waals surface area contributed by atoms with Crippen molar-refractivity contribution in [3.05, 3.63) is 69.6 Å². The van der Waals surface area contributed by atoms with Gasteiger partial charge in [-0.15, -0.1) is 0 Å². The molecule has 140 valence electrons. The monoisotopic (exact) mass is 386 g/mol. The summed E-state index contributed by atoms with van der Waals surface area (Å²) in [5.41, 5.74) is 1.93. The molecule has 7 heteroatoms. The molecule has 1 N–H and O–H groups in total. The Kier molecular flexibility index (Phi) is 6.08. The molecule has 0 aliphatic rings. The Hall–Kier alpha value is -2.86. The molecule has 0 fully saturated rings. The number of aromatic amines is 1. The molecule has 0 saturated carbocycles. The van der Waals surface area contributed by atoms with Gasteiger partial charge in [0.2, 0.25) is 0 Å². The maximum atomic E-state index is 12.0. The van der Waals surface area contributed by atoms with Gasteiger partial charge < -0.3 is 9.72 Å². The highest BCUT2D eigenvalue weighted by Gasteiger charge is 2.11. The zero-order valence-corrected chi connectivity index (χ0v) is 15.4. The molecular weight excluding hydrogens is 368 g/mol. The molecule has 0 spiro atoms. The van der Waals surface area contributed by atoms with Gasteiger partial charge in [-0.25, -0.2) is 4.79 Å². The Balaban J connectivity index is 1.42. The third-order valence-corrected chi connectivity index (χ3v) is 4.45. The number of carbonyl (C=O) groups excluding carboxylic acids is 2. The standard InChI is InChI=1S/C20H19ClN2O4/c21-15-8-6-14(7-9-15)18(24)10-11-19(25)27-13-3-12-23-17-5-2-1-4-16(17)22-20(23)26/h1-2,4-9H,3,10-13H2,(H,22,26). The molecule has 0 aliphatic carbocycles. The fourth-order valence-corrected chi connectivity index (χ4v) is 2.93. The number of para-hydroxylation sites is 2. The first-order chi connectivity index (χ1) is 13.0. The van der Waals surface area contributed by atoms with Gasteiger partial charge in [-0.3, -0.25) is 14.2 Å². The van der Waals surface area contributed by atoms with Crippen LogP contribution in [0.25, 0.3) is 11.0 Å². The maximum absolute atomic E-state index is 12.0. The maximum Gasteiger partial charge on any atom is 0.326 e. The number of aromatic nitrogens is 2. The predicted octanol–water partition coefficient (Wildman–Crippen LogP) is 3.58. The van der Waals surface area contributed by atoms with Gasteiger partial charge in [0.25, 0.3) is 0 Å². The molecule has 0 amide bonds. The molecule has 1 aromatic heterocycles. The molecule has 3 rings (SSSR count). The normalized spacial score (nSPS) is 10.9. The van der Waals surface area contributed by atoms with Crippen LogP contribution in [0.3, 0.4) is 0 Å². The number of hydrogen-bond donors (Lipinski definition) is 1. The average Bonchev–Trinajstić information content (AvgIpc) is 2.99. The van der Waals surface area contributed by atoms with Gasteiger partial charge in [-0.2, -0.15) is 0 Å². The molecule has 6 nitrogen and oxygen atoms in total. The van der Waals surface area contributed by atoms with Gasteiger partial charge in [0.15, 0.2) is 5.78 Å². The van der Waals surface area contributed by atoms with Crippen LogP contribution < -0.4 is 5.69 Å². The number of aryl methyl sites for hydroxylation is 1. The van der Waals surface area contributed by atoms with Crippen molar-refractivity contribution in [2.24, 2.45) is 0 Å². The topological polar surface area (TPSA) is 81.2 Å². The second kappa shape index (κ2) is 8.68. The molecule has 2 aromatic carbocycles. The van der Waals surface area contributed by atoms with Crippen LogP contribution in [0, 0.1) is 0 Å². The number of nitrogens with one attached hydrogen (secondary N) is 1. The van der Waals surface area contributed by atoms with Crippen molar-refractivity contribution in [1.29, 1.82) is 0 Å². The summed E-state index contributed by atoms with van der Waals surface area (Å²) in [6.07, 6.45) is 0.621. The van der Waals surface area contributed by atoms with Gasteiger partial charge in [0.05, 0.1) is 24.1 Å². The van der Waals surface area contributed by atoms with E-state index in [1.807, 2.05) is 24.3 Å². The third-order valence-electron chi connectivity index (χ3n) is 4.19. The first kappa shape index (κ1) is 18.9. The van der Waals surface area contributed by atoms with Gasteiger partial charge >= 0.3 is 11.7 Å². The number of esters is 1. The second-order valence-corrected chi connectivity index (χ2v) is 6.54. The third kappa shape index (κ3) is 4.86. The Morgan fingerprint density at radius 2 is 1.78 bits per heavy atom. The van der Waals surface area contributed by atoms with Crippen LogP contribution in [-0.2, 0) is 16.1 Å². The van der Waals surface area contributed by atoms with E-state index in [-0.39, 0.29) is 30.9 Å². The number of carbonyl (C=O) groups is 2. The number of hydrogen-bond acceptors (Lipinski definition) is 4. The number of imidazole rings is 1. The highest BCUT2D eigenvalue weighted by Crippen LogP contribution is 2.12. The molecule has 0 bridgehead atoms. The summed E-state index contributed by atoms with van der Waals surface area (Å²) in [5, 5.41) is 0.556. The van der Waals surface area contributed by atoms with E-state index in [4.69, 9.17) is 16.3 Å². The van der Waals surface area contributed by atoms with E-state index in [1.54, 1.807) is 28.8 Å². The van der Waals surface area contributed by atoms with Crippen LogP contribution in [0.15, 0.2) is 53.3 Å². The number of benzene rings is 2. The molecule has 1 heterocycles. The van der Waals surface area contributed by atoms with Crippen LogP contribution in [0.4, 0.5) is 0 Å². The van der Waals surface area contributed by atoms with E-state index in [1.165, 1.54) is 0 Å². The number of Topliss-reactive ketones (excluding diaryl/α,β-unsaturated/α-hetero) is 1. The Morgan fingerprint density at radius 3 is 2.56 bits per heavy atom. The lowest BCUT2D eigenvalue weighted by molar-refractivity contribution is -0.143. The van der Waals surface area contributed by atoms with Crippen molar-refractivity contribution in [2.45, 2.75) is 25.8 Å². The Morgan fingerprint density at radius 1 is 1.04 bits per heavy atom. The summed E-state index contributed by atoms with van der Waals surface area (Å²) < 4.78 is 6.78. The average molecular weight is 387 g/mol. The molecule has 0 unspecified atom stereocenters. The van der Waals surface area contributed by atoms with Crippen LogP contribution in [-0.4, -0.2) is 27.9 Å². The lowest BCUT2D eigenvalue weighted by Gasteiger charge is -2.06. The first-order valence-corrected chi connectivity index (χ1v) is 9.04. The smallest absolute Gasteiger partial charge is 0.326 e. The Labute approximate surface area is 160 Å².